The maximum Gasteiger partial charge on any atom is 0.253 e. The van der Waals surface area contributed by atoms with Crippen molar-refractivity contribution in [3.05, 3.63) is 57.6 Å². The first kappa shape index (κ1) is 13.8. The van der Waals surface area contributed by atoms with Gasteiger partial charge in [0.05, 0.1) is 10.6 Å². The quantitative estimate of drug-likeness (QED) is 0.886. The van der Waals surface area contributed by atoms with E-state index in [1.807, 2.05) is 19.1 Å². The van der Waals surface area contributed by atoms with Gasteiger partial charge in [0.2, 0.25) is 0 Å². The molecule has 4 nitrogen and oxygen atoms in total. The highest BCUT2D eigenvalue weighted by molar-refractivity contribution is 6.35. The van der Waals surface area contributed by atoms with Crippen LogP contribution in [0.4, 0.5) is 0 Å². The SMILES string of the molecule is Cc1ccc(CNC(=O)c2cc(Cl)ncc2Cl)cn1. The van der Waals surface area contributed by atoms with Crippen molar-refractivity contribution in [2.45, 2.75) is 13.5 Å². The Balaban J connectivity index is 2.05. The second kappa shape index (κ2) is 5.99. The Kier molecular flexibility index (Phi) is 4.35. The molecule has 0 aromatic carbocycles. The lowest BCUT2D eigenvalue weighted by Crippen LogP contribution is -2.23. The number of pyridine rings is 2. The lowest BCUT2D eigenvalue weighted by molar-refractivity contribution is 0.0951. The largest absolute Gasteiger partial charge is 0.348 e. The minimum Gasteiger partial charge on any atom is -0.348 e. The van der Waals surface area contributed by atoms with E-state index in [1.165, 1.54) is 12.3 Å². The third kappa shape index (κ3) is 3.66. The van der Waals surface area contributed by atoms with Gasteiger partial charge < -0.3 is 5.32 Å². The van der Waals surface area contributed by atoms with Gasteiger partial charge in [-0.1, -0.05) is 29.3 Å². The highest BCUT2D eigenvalue weighted by Gasteiger charge is 2.11. The molecule has 19 heavy (non-hydrogen) atoms. The summed E-state index contributed by atoms with van der Waals surface area (Å²) in [6.07, 6.45) is 3.07. The summed E-state index contributed by atoms with van der Waals surface area (Å²) in [5, 5.41) is 3.25. The molecule has 6 heteroatoms. The molecule has 0 fully saturated rings. The molecule has 0 bridgehead atoms. The number of nitrogens with one attached hydrogen (secondary N) is 1. The van der Waals surface area contributed by atoms with E-state index >= 15 is 0 Å². The molecule has 0 unspecified atom stereocenters. The molecule has 0 saturated carbocycles. The Hall–Kier alpha value is -1.65. The van der Waals surface area contributed by atoms with E-state index in [0.29, 0.717) is 12.1 Å². The average molecular weight is 296 g/mol. The fourth-order valence-corrected chi connectivity index (χ4v) is 1.81. The first-order valence-electron chi connectivity index (χ1n) is 5.57. The summed E-state index contributed by atoms with van der Waals surface area (Å²) < 4.78 is 0. The minimum absolute atomic E-state index is 0.228. The van der Waals surface area contributed by atoms with E-state index in [9.17, 15) is 4.79 Å². The molecule has 2 heterocycles. The summed E-state index contributed by atoms with van der Waals surface area (Å²) in [5.41, 5.74) is 2.15. The second-order valence-corrected chi connectivity index (χ2v) is 4.77. The van der Waals surface area contributed by atoms with E-state index < -0.39 is 0 Å². The Morgan fingerprint density at radius 1 is 1.26 bits per heavy atom. The van der Waals surface area contributed by atoms with E-state index in [1.54, 1.807) is 6.20 Å². The van der Waals surface area contributed by atoms with Crippen LogP contribution in [-0.4, -0.2) is 15.9 Å². The maximum absolute atomic E-state index is 12.0. The molecule has 0 atom stereocenters. The molecular weight excluding hydrogens is 285 g/mol. The normalized spacial score (nSPS) is 10.3. The van der Waals surface area contributed by atoms with Crippen LogP contribution in [0.5, 0.6) is 0 Å². The Bertz CT molecular complexity index is 599. The van der Waals surface area contributed by atoms with Crippen LogP contribution in [0.15, 0.2) is 30.6 Å². The number of aryl methyl sites for hydroxylation is 1. The lowest BCUT2D eigenvalue weighted by Gasteiger charge is -2.07. The molecule has 1 amide bonds. The molecule has 98 valence electrons. The zero-order chi connectivity index (χ0) is 13.8. The van der Waals surface area contributed by atoms with E-state index in [-0.39, 0.29) is 16.1 Å². The topological polar surface area (TPSA) is 54.9 Å². The summed E-state index contributed by atoms with van der Waals surface area (Å²) in [6.45, 7) is 2.28. The molecule has 2 aromatic heterocycles. The van der Waals surface area contributed by atoms with Crippen LogP contribution in [0.25, 0.3) is 0 Å². The smallest absolute Gasteiger partial charge is 0.253 e. The van der Waals surface area contributed by atoms with Gasteiger partial charge in [0, 0.05) is 24.6 Å². The van der Waals surface area contributed by atoms with Crippen molar-refractivity contribution in [2.75, 3.05) is 0 Å². The lowest BCUT2D eigenvalue weighted by atomic mass is 10.2. The minimum atomic E-state index is -0.296. The molecule has 2 rings (SSSR count). The monoisotopic (exact) mass is 295 g/mol. The molecule has 1 N–H and O–H groups in total. The predicted molar refractivity (Wildman–Crippen MR) is 74.4 cm³/mol. The molecule has 0 aliphatic heterocycles. The number of halogens is 2. The van der Waals surface area contributed by atoms with Gasteiger partial charge in [-0.3, -0.25) is 9.78 Å². The Labute approximate surface area is 120 Å². The second-order valence-electron chi connectivity index (χ2n) is 3.98. The van der Waals surface area contributed by atoms with Crippen LogP contribution in [0.2, 0.25) is 10.2 Å². The molecule has 0 radical (unpaired) electrons. The highest BCUT2D eigenvalue weighted by atomic mass is 35.5. The third-order valence-corrected chi connectivity index (χ3v) is 3.00. The number of rotatable bonds is 3. The molecule has 0 aliphatic rings. The van der Waals surface area contributed by atoms with E-state index in [0.717, 1.165) is 11.3 Å². The van der Waals surface area contributed by atoms with Crippen LogP contribution in [0.1, 0.15) is 21.6 Å². The average Bonchev–Trinajstić information content (AvgIpc) is 2.40. The van der Waals surface area contributed by atoms with Gasteiger partial charge in [0.25, 0.3) is 5.91 Å². The summed E-state index contributed by atoms with van der Waals surface area (Å²) >= 11 is 11.6. The van der Waals surface area contributed by atoms with Crippen molar-refractivity contribution >= 4 is 29.1 Å². The van der Waals surface area contributed by atoms with Crippen molar-refractivity contribution in [3.63, 3.8) is 0 Å². The molecule has 0 spiro atoms. The number of hydrogen-bond acceptors (Lipinski definition) is 3. The fraction of sp³-hybridized carbons (Fsp3) is 0.154. The van der Waals surface area contributed by atoms with Crippen LogP contribution in [0.3, 0.4) is 0 Å². The summed E-state index contributed by atoms with van der Waals surface area (Å²) in [6, 6.07) is 5.23. The highest BCUT2D eigenvalue weighted by Crippen LogP contribution is 2.17. The zero-order valence-electron chi connectivity index (χ0n) is 10.2. The van der Waals surface area contributed by atoms with Gasteiger partial charge in [-0.25, -0.2) is 4.98 Å². The number of carbonyl (C=O) groups excluding carboxylic acids is 1. The zero-order valence-corrected chi connectivity index (χ0v) is 11.7. The third-order valence-electron chi connectivity index (χ3n) is 2.49. The fourth-order valence-electron chi connectivity index (χ4n) is 1.47. The van der Waals surface area contributed by atoms with E-state index in [4.69, 9.17) is 23.2 Å². The number of nitrogens with zero attached hydrogens (tertiary/aromatic N) is 2. The van der Waals surface area contributed by atoms with Crippen molar-refractivity contribution in [3.8, 4) is 0 Å². The van der Waals surface area contributed by atoms with Gasteiger partial charge in [0.1, 0.15) is 5.15 Å². The summed E-state index contributed by atoms with van der Waals surface area (Å²) in [7, 11) is 0. The molecule has 2 aromatic rings. The molecule has 0 aliphatic carbocycles. The predicted octanol–water partition coefficient (Wildman–Crippen LogP) is 3.02. The molecular formula is C13H11Cl2N3O. The van der Waals surface area contributed by atoms with Crippen LogP contribution in [-0.2, 0) is 6.54 Å². The van der Waals surface area contributed by atoms with Crippen LogP contribution >= 0.6 is 23.2 Å². The van der Waals surface area contributed by atoms with Gasteiger partial charge in [0.15, 0.2) is 0 Å². The van der Waals surface area contributed by atoms with E-state index in [2.05, 4.69) is 15.3 Å². The number of aromatic nitrogens is 2. The number of carbonyl (C=O) groups is 1. The summed E-state index contributed by atoms with van der Waals surface area (Å²) in [4.78, 5) is 19.9. The van der Waals surface area contributed by atoms with Gasteiger partial charge in [-0.05, 0) is 24.6 Å². The first-order chi connectivity index (χ1) is 9.06. The standard InChI is InChI=1S/C13H11Cl2N3O/c1-8-2-3-9(5-16-8)6-18-13(19)10-4-12(15)17-7-11(10)14/h2-5,7H,6H2,1H3,(H,18,19). The summed E-state index contributed by atoms with van der Waals surface area (Å²) in [5.74, 6) is -0.296. The Morgan fingerprint density at radius 2 is 2.05 bits per heavy atom. The van der Waals surface area contributed by atoms with Crippen molar-refractivity contribution in [2.24, 2.45) is 0 Å². The molecule has 0 saturated heterocycles. The van der Waals surface area contributed by atoms with Crippen molar-refractivity contribution < 1.29 is 4.79 Å². The number of amides is 1. The maximum atomic E-state index is 12.0. The van der Waals surface area contributed by atoms with Gasteiger partial charge in [-0.2, -0.15) is 0 Å². The Morgan fingerprint density at radius 3 is 2.74 bits per heavy atom. The van der Waals surface area contributed by atoms with Crippen molar-refractivity contribution in [1.29, 1.82) is 0 Å². The van der Waals surface area contributed by atoms with Crippen molar-refractivity contribution in [1.82, 2.24) is 15.3 Å². The van der Waals surface area contributed by atoms with Crippen LogP contribution < -0.4 is 5.32 Å². The number of hydrogen-bond donors (Lipinski definition) is 1. The van der Waals surface area contributed by atoms with Gasteiger partial charge >= 0.3 is 0 Å². The first-order valence-corrected chi connectivity index (χ1v) is 6.32. The van der Waals surface area contributed by atoms with Gasteiger partial charge in [-0.15, -0.1) is 0 Å². The van der Waals surface area contributed by atoms with Crippen LogP contribution in [0, 0.1) is 6.92 Å².